The average molecular weight is 601 g/mol. The molecule has 0 aromatic carbocycles. The van der Waals surface area contributed by atoms with Gasteiger partial charge < -0.3 is 26.7 Å². The van der Waals surface area contributed by atoms with Crippen LogP contribution in [0, 0.1) is 5.41 Å². The third kappa shape index (κ3) is 6.03. The van der Waals surface area contributed by atoms with Crippen molar-refractivity contribution in [3.63, 3.8) is 0 Å². The quantitative estimate of drug-likeness (QED) is 0.0807. The molecule has 1 fully saturated rings. The van der Waals surface area contributed by atoms with E-state index in [1.54, 1.807) is 5.38 Å². The fraction of sp³-hybridized carbons (Fsp3) is 0.316. The highest BCUT2D eigenvalue weighted by molar-refractivity contribution is 8.02. The Hall–Kier alpha value is -2.80. The van der Waals surface area contributed by atoms with E-state index in [0.717, 1.165) is 20.7 Å². The van der Waals surface area contributed by atoms with Crippen molar-refractivity contribution in [3.8, 4) is 0 Å². The van der Waals surface area contributed by atoms with E-state index in [0.29, 0.717) is 22.8 Å². The molecule has 37 heavy (non-hydrogen) atoms. The number of β-lactam (4-membered cyclic amide) rings is 1. The topological polar surface area (TPSA) is 210 Å². The zero-order chi connectivity index (χ0) is 26.7. The number of nitrogen functional groups attached to an aromatic ring is 1. The summed E-state index contributed by atoms with van der Waals surface area (Å²) in [5.41, 5.74) is 11.6. The second kappa shape index (κ2) is 11.7. The Balaban J connectivity index is 1.43. The Kier molecular flexibility index (Phi) is 8.63. The number of nitrogens with zero attached hydrogens (tertiary/aromatic N) is 4. The van der Waals surface area contributed by atoms with Crippen LogP contribution in [0.5, 0.6) is 0 Å². The number of nitrogens with one attached hydrogen (secondary N) is 2. The minimum Gasteiger partial charge on any atom is -0.477 e. The Morgan fingerprint density at radius 3 is 2.78 bits per heavy atom. The largest absolute Gasteiger partial charge is 0.477 e. The summed E-state index contributed by atoms with van der Waals surface area (Å²) in [6, 6.07) is -0.932. The molecule has 0 saturated carbocycles. The summed E-state index contributed by atoms with van der Waals surface area (Å²) in [5, 5.41) is 27.3. The number of carbonyl (C=O) groups is 3. The van der Waals surface area contributed by atoms with Crippen LogP contribution in [-0.4, -0.2) is 85.1 Å². The van der Waals surface area contributed by atoms with Gasteiger partial charge in [-0.05, 0) is 5.57 Å². The number of fused-ring (bicyclic) bond motifs is 1. The van der Waals surface area contributed by atoms with Gasteiger partial charge in [-0.25, -0.2) is 14.8 Å². The van der Waals surface area contributed by atoms with Crippen LogP contribution in [0.2, 0.25) is 0 Å². The first kappa shape index (κ1) is 27.2. The van der Waals surface area contributed by atoms with Crippen LogP contribution >= 0.6 is 58.0 Å². The highest BCUT2D eigenvalue weighted by Crippen LogP contribution is 2.42. The predicted molar refractivity (Wildman–Crippen MR) is 145 cm³/mol. The van der Waals surface area contributed by atoms with Crippen molar-refractivity contribution < 1.29 is 24.3 Å². The molecule has 0 radical (unpaired) electrons. The number of hydrogen-bond donors (Lipinski definition) is 5. The van der Waals surface area contributed by atoms with Crippen molar-refractivity contribution in [2.24, 2.45) is 10.9 Å². The molecule has 0 bridgehead atoms. The summed E-state index contributed by atoms with van der Waals surface area (Å²) in [6.07, 6.45) is 0. The van der Waals surface area contributed by atoms with Crippen LogP contribution in [0.1, 0.15) is 5.69 Å². The number of carboxylic acid groups (broad SMARTS) is 1. The molecule has 0 spiro atoms. The van der Waals surface area contributed by atoms with E-state index in [1.807, 2.05) is 5.38 Å². The zero-order valence-electron chi connectivity index (χ0n) is 19.0. The van der Waals surface area contributed by atoms with Gasteiger partial charge in [0.15, 0.2) is 15.2 Å². The number of rotatable bonds is 11. The molecule has 7 N–H and O–H groups in total. The summed E-state index contributed by atoms with van der Waals surface area (Å²) in [7, 11) is 1.27. The minimum absolute atomic E-state index is 0.0565. The first-order valence-corrected chi connectivity index (χ1v) is 15.0. The molecule has 0 aliphatic carbocycles. The van der Waals surface area contributed by atoms with Gasteiger partial charge in [-0.2, -0.15) is 0 Å². The van der Waals surface area contributed by atoms with Crippen molar-refractivity contribution >= 4 is 92.4 Å². The normalized spacial score (nSPS) is 19.3. The van der Waals surface area contributed by atoms with Gasteiger partial charge in [-0.15, -0.1) is 34.4 Å². The maximum Gasteiger partial charge on any atom is 0.352 e. The van der Waals surface area contributed by atoms with Gasteiger partial charge in [0.1, 0.15) is 40.8 Å². The lowest BCUT2D eigenvalue weighted by molar-refractivity contribution is -0.150. The predicted octanol–water partition coefficient (Wildman–Crippen LogP) is 1.09. The number of thioether (sulfide) groups is 3. The second-order valence-electron chi connectivity index (χ2n) is 7.37. The van der Waals surface area contributed by atoms with Crippen LogP contribution in [0.3, 0.4) is 0 Å². The van der Waals surface area contributed by atoms with Crippen LogP contribution in [0.25, 0.3) is 0 Å². The van der Waals surface area contributed by atoms with E-state index >= 15 is 0 Å². The summed E-state index contributed by atoms with van der Waals surface area (Å²) in [6.45, 7) is 0. The smallest absolute Gasteiger partial charge is 0.352 e. The number of oxime groups is 1. The number of anilines is 1. The molecule has 4 rings (SSSR count). The van der Waals surface area contributed by atoms with Crippen molar-refractivity contribution in [1.82, 2.24) is 20.2 Å². The molecule has 2 atom stereocenters. The fourth-order valence-electron chi connectivity index (χ4n) is 3.37. The van der Waals surface area contributed by atoms with E-state index in [1.165, 1.54) is 58.6 Å². The van der Waals surface area contributed by atoms with Gasteiger partial charge in [-0.1, -0.05) is 28.7 Å². The standard InChI is InChI=1S/C19H20N8O5S5/c1-32-26-11(8-4-35-18(22)23-8)14(28)25-12-15(29)27-13(17(30)31)7(2-34-16(12)27)3-36-19-24-10(6-37-19)33-5-9(20)21/h4,6,12,16H,2-3,5H2,1H3,(H3,20,21)(H2,22,23)(H,25,28)(H,30,31)/t12-,16+/m1/s1. The average Bonchev–Trinajstić information content (AvgIpc) is 3.50. The maximum absolute atomic E-state index is 13.0. The molecule has 2 amide bonds. The number of carboxylic acids is 1. The lowest BCUT2D eigenvalue weighted by Gasteiger charge is -2.49. The van der Waals surface area contributed by atoms with Gasteiger partial charge in [0, 0.05) is 22.3 Å². The third-order valence-corrected chi connectivity index (χ3v) is 10.1. The monoisotopic (exact) mass is 600 g/mol. The molecule has 18 heteroatoms. The molecule has 2 aliphatic heterocycles. The Morgan fingerprint density at radius 1 is 1.35 bits per heavy atom. The Labute approximate surface area is 231 Å². The molecule has 0 unspecified atom stereocenters. The van der Waals surface area contributed by atoms with E-state index < -0.39 is 29.2 Å². The molecule has 2 aliphatic rings. The first-order chi connectivity index (χ1) is 17.7. The van der Waals surface area contributed by atoms with Gasteiger partial charge in [0.05, 0.1) is 5.75 Å². The van der Waals surface area contributed by atoms with Crippen molar-refractivity contribution in [3.05, 3.63) is 27.7 Å². The Bertz CT molecular complexity index is 1310. The molecule has 13 nitrogen and oxygen atoms in total. The van der Waals surface area contributed by atoms with Crippen LogP contribution in [0.4, 0.5) is 5.13 Å². The van der Waals surface area contributed by atoms with Crippen molar-refractivity contribution in [2.75, 3.05) is 30.1 Å². The van der Waals surface area contributed by atoms with Crippen molar-refractivity contribution in [2.45, 2.75) is 20.8 Å². The third-order valence-electron chi connectivity index (χ3n) is 4.91. The van der Waals surface area contributed by atoms with Crippen LogP contribution in [-0.2, 0) is 19.2 Å². The van der Waals surface area contributed by atoms with E-state index in [4.69, 9.17) is 21.7 Å². The second-order valence-corrected chi connectivity index (χ2v) is 12.4. The molecular weight excluding hydrogens is 581 g/mol. The summed E-state index contributed by atoms with van der Waals surface area (Å²) >= 11 is 6.62. The zero-order valence-corrected chi connectivity index (χ0v) is 23.1. The molecule has 2 aromatic rings. The number of hydrogen-bond acceptors (Lipinski definition) is 14. The molecular formula is C19H20N8O5S5. The summed E-state index contributed by atoms with van der Waals surface area (Å²) in [5.74, 6) is -1.33. The van der Waals surface area contributed by atoms with E-state index in [-0.39, 0.29) is 28.1 Å². The lowest BCUT2D eigenvalue weighted by atomic mass is 10.0. The summed E-state index contributed by atoms with van der Waals surface area (Å²) < 4.78 is 0.739. The molecule has 196 valence electrons. The lowest BCUT2D eigenvalue weighted by Crippen LogP contribution is -2.71. The molecule has 2 aromatic heterocycles. The SMILES string of the molecule is CON=C(C(=O)N[C@@H]1C(=O)N2C(C(=O)O)=C(CSc3nc(SCC(=N)N)cs3)CS[C@@H]12)c1csc(N)n1. The Morgan fingerprint density at radius 2 is 2.14 bits per heavy atom. The number of amides is 2. The number of thiazole rings is 2. The van der Waals surface area contributed by atoms with Crippen molar-refractivity contribution in [1.29, 1.82) is 5.41 Å². The summed E-state index contributed by atoms with van der Waals surface area (Å²) in [4.78, 5) is 52.4. The van der Waals surface area contributed by atoms with Crippen LogP contribution < -0.4 is 16.8 Å². The highest BCUT2D eigenvalue weighted by atomic mass is 32.2. The number of aliphatic carboxylic acids is 1. The first-order valence-electron chi connectivity index (χ1n) is 10.3. The van der Waals surface area contributed by atoms with Gasteiger partial charge in [-0.3, -0.25) is 19.9 Å². The fourth-order valence-corrected chi connectivity index (χ4v) is 8.09. The van der Waals surface area contributed by atoms with Gasteiger partial charge in [0.25, 0.3) is 11.8 Å². The van der Waals surface area contributed by atoms with Gasteiger partial charge in [0.2, 0.25) is 0 Å². The highest BCUT2D eigenvalue weighted by Gasteiger charge is 2.54. The number of aromatic nitrogens is 2. The maximum atomic E-state index is 13.0. The van der Waals surface area contributed by atoms with E-state index in [2.05, 4.69) is 20.4 Å². The van der Waals surface area contributed by atoms with Gasteiger partial charge >= 0.3 is 5.97 Å². The van der Waals surface area contributed by atoms with Crippen LogP contribution in [0.15, 0.2) is 36.6 Å². The molecule has 1 saturated heterocycles. The number of amidine groups is 1. The molecule has 4 heterocycles. The van der Waals surface area contributed by atoms with E-state index in [9.17, 15) is 19.5 Å². The minimum atomic E-state index is -1.21. The number of carbonyl (C=O) groups excluding carboxylic acids is 2. The number of nitrogens with two attached hydrogens (primary N) is 2.